The zero-order valence-electron chi connectivity index (χ0n) is 12.0. The lowest BCUT2D eigenvalue weighted by Crippen LogP contribution is -2.46. The molecule has 0 aliphatic carbocycles. The van der Waals surface area contributed by atoms with Gasteiger partial charge in [0.05, 0.1) is 6.04 Å². The Labute approximate surface area is 119 Å². The molecule has 2 heterocycles. The molecular formula is C14H23N3OS. The first-order valence-electron chi connectivity index (χ1n) is 7.01. The third-order valence-electron chi connectivity index (χ3n) is 3.89. The van der Waals surface area contributed by atoms with E-state index in [1.54, 1.807) is 11.3 Å². The molecule has 1 atom stereocenters. The van der Waals surface area contributed by atoms with Crippen molar-refractivity contribution in [2.45, 2.75) is 46.1 Å². The maximum Gasteiger partial charge on any atom is 0.226 e. The molecule has 19 heavy (non-hydrogen) atoms. The lowest BCUT2D eigenvalue weighted by atomic mass is 9.80. The van der Waals surface area contributed by atoms with Gasteiger partial charge in [0, 0.05) is 16.5 Å². The number of nitrogens with zero attached hydrogens (tertiary/aromatic N) is 1. The summed E-state index contributed by atoms with van der Waals surface area (Å²) >= 11 is 1.69. The molecule has 2 rings (SSSR count). The van der Waals surface area contributed by atoms with Crippen LogP contribution in [0.15, 0.2) is 6.20 Å². The van der Waals surface area contributed by atoms with E-state index in [9.17, 15) is 4.79 Å². The van der Waals surface area contributed by atoms with E-state index >= 15 is 0 Å². The number of aromatic nitrogens is 1. The fourth-order valence-corrected chi connectivity index (χ4v) is 3.18. The Hall–Kier alpha value is -0.940. The molecule has 0 bridgehead atoms. The SMILES string of the molecule is CCc1cnc(C(C)NC(=O)C2(C)CCNCC2)s1. The normalized spacial score (nSPS) is 19.9. The Morgan fingerprint density at radius 3 is 2.84 bits per heavy atom. The van der Waals surface area contributed by atoms with E-state index in [1.807, 2.05) is 13.1 Å². The number of thiazole rings is 1. The van der Waals surface area contributed by atoms with E-state index < -0.39 is 0 Å². The second kappa shape index (κ2) is 6.01. The molecule has 1 saturated heterocycles. The van der Waals surface area contributed by atoms with Crippen LogP contribution in [0.2, 0.25) is 0 Å². The molecule has 1 aromatic rings. The van der Waals surface area contributed by atoms with Gasteiger partial charge in [-0.2, -0.15) is 0 Å². The van der Waals surface area contributed by atoms with Crippen molar-refractivity contribution in [2.75, 3.05) is 13.1 Å². The molecule has 4 nitrogen and oxygen atoms in total. The quantitative estimate of drug-likeness (QED) is 0.890. The summed E-state index contributed by atoms with van der Waals surface area (Å²) in [5, 5.41) is 7.43. The molecule has 0 aromatic carbocycles. The predicted molar refractivity (Wildman–Crippen MR) is 78.3 cm³/mol. The van der Waals surface area contributed by atoms with Crippen molar-refractivity contribution in [3.05, 3.63) is 16.1 Å². The first-order valence-corrected chi connectivity index (χ1v) is 7.83. The molecule has 5 heteroatoms. The molecule has 1 amide bonds. The summed E-state index contributed by atoms with van der Waals surface area (Å²) in [7, 11) is 0. The van der Waals surface area contributed by atoms with Crippen molar-refractivity contribution in [1.82, 2.24) is 15.6 Å². The summed E-state index contributed by atoms with van der Waals surface area (Å²) in [6, 6.07) is 0.00418. The minimum atomic E-state index is -0.232. The van der Waals surface area contributed by atoms with Gasteiger partial charge in [-0.15, -0.1) is 11.3 Å². The molecule has 1 fully saturated rings. The second-order valence-electron chi connectivity index (χ2n) is 5.52. The van der Waals surface area contributed by atoms with Crippen molar-refractivity contribution >= 4 is 17.2 Å². The van der Waals surface area contributed by atoms with E-state index in [4.69, 9.17) is 0 Å². The van der Waals surface area contributed by atoms with Crippen molar-refractivity contribution in [1.29, 1.82) is 0 Å². The van der Waals surface area contributed by atoms with Gasteiger partial charge in [-0.3, -0.25) is 4.79 Å². The Morgan fingerprint density at radius 2 is 2.26 bits per heavy atom. The van der Waals surface area contributed by atoms with Gasteiger partial charge in [0.2, 0.25) is 5.91 Å². The van der Waals surface area contributed by atoms with Crippen molar-refractivity contribution < 1.29 is 4.79 Å². The van der Waals surface area contributed by atoms with Gasteiger partial charge in [0.1, 0.15) is 5.01 Å². The molecular weight excluding hydrogens is 258 g/mol. The van der Waals surface area contributed by atoms with Gasteiger partial charge in [-0.05, 0) is 39.3 Å². The van der Waals surface area contributed by atoms with Gasteiger partial charge in [0.25, 0.3) is 0 Å². The van der Waals surface area contributed by atoms with Crippen LogP contribution >= 0.6 is 11.3 Å². The molecule has 106 valence electrons. The average molecular weight is 281 g/mol. The molecule has 1 unspecified atom stereocenters. The zero-order chi connectivity index (χ0) is 13.9. The Morgan fingerprint density at radius 1 is 1.58 bits per heavy atom. The summed E-state index contributed by atoms with van der Waals surface area (Å²) in [5.74, 6) is 0.162. The van der Waals surface area contributed by atoms with E-state index in [2.05, 4.69) is 29.5 Å². The monoisotopic (exact) mass is 281 g/mol. The summed E-state index contributed by atoms with van der Waals surface area (Å²) < 4.78 is 0. The number of nitrogens with one attached hydrogen (secondary N) is 2. The molecule has 2 N–H and O–H groups in total. The second-order valence-corrected chi connectivity index (χ2v) is 6.67. The lowest BCUT2D eigenvalue weighted by molar-refractivity contribution is -0.132. The number of carbonyl (C=O) groups excluding carboxylic acids is 1. The molecule has 1 aliphatic rings. The topological polar surface area (TPSA) is 54.0 Å². The lowest BCUT2D eigenvalue weighted by Gasteiger charge is -2.33. The third kappa shape index (κ3) is 3.34. The van der Waals surface area contributed by atoms with Gasteiger partial charge >= 0.3 is 0 Å². The highest BCUT2D eigenvalue weighted by atomic mass is 32.1. The van der Waals surface area contributed by atoms with Gasteiger partial charge in [-0.1, -0.05) is 13.8 Å². The maximum atomic E-state index is 12.4. The number of carbonyl (C=O) groups is 1. The number of hydrogen-bond donors (Lipinski definition) is 2. The van der Waals surface area contributed by atoms with Crippen molar-refractivity contribution in [3.63, 3.8) is 0 Å². The summed E-state index contributed by atoms with van der Waals surface area (Å²) in [4.78, 5) is 18.1. The van der Waals surface area contributed by atoms with Crippen LogP contribution in [-0.2, 0) is 11.2 Å². The van der Waals surface area contributed by atoms with Crippen LogP contribution in [0.25, 0.3) is 0 Å². The molecule has 0 spiro atoms. The maximum absolute atomic E-state index is 12.4. The van der Waals surface area contributed by atoms with E-state index in [1.165, 1.54) is 4.88 Å². The summed E-state index contributed by atoms with van der Waals surface area (Å²) in [6.45, 7) is 8.05. The zero-order valence-corrected chi connectivity index (χ0v) is 12.8. The highest BCUT2D eigenvalue weighted by Crippen LogP contribution is 2.29. The van der Waals surface area contributed by atoms with Crippen molar-refractivity contribution in [2.24, 2.45) is 5.41 Å². The van der Waals surface area contributed by atoms with E-state index in [0.717, 1.165) is 37.4 Å². The van der Waals surface area contributed by atoms with Crippen LogP contribution in [0.3, 0.4) is 0 Å². The standard InChI is InChI=1S/C14H23N3OS/c1-4-11-9-16-12(19-11)10(2)17-13(18)14(3)5-7-15-8-6-14/h9-10,15H,4-8H2,1-3H3,(H,17,18). The smallest absolute Gasteiger partial charge is 0.226 e. The van der Waals surface area contributed by atoms with Crippen LogP contribution in [0.1, 0.15) is 49.5 Å². The predicted octanol–water partition coefficient (Wildman–Crippen LogP) is 2.27. The van der Waals surface area contributed by atoms with Crippen LogP contribution in [0.4, 0.5) is 0 Å². The highest BCUT2D eigenvalue weighted by molar-refractivity contribution is 7.11. The van der Waals surface area contributed by atoms with Gasteiger partial charge in [-0.25, -0.2) is 4.98 Å². The van der Waals surface area contributed by atoms with Crippen LogP contribution < -0.4 is 10.6 Å². The number of rotatable bonds is 4. The highest BCUT2D eigenvalue weighted by Gasteiger charge is 2.35. The summed E-state index contributed by atoms with van der Waals surface area (Å²) in [6.07, 6.45) is 4.73. The Bertz CT molecular complexity index is 438. The first kappa shape index (κ1) is 14.5. The number of aryl methyl sites for hydroxylation is 1. The minimum absolute atomic E-state index is 0.00418. The van der Waals surface area contributed by atoms with Crippen LogP contribution in [0.5, 0.6) is 0 Å². The van der Waals surface area contributed by atoms with Crippen LogP contribution in [-0.4, -0.2) is 24.0 Å². The van der Waals surface area contributed by atoms with E-state index in [-0.39, 0.29) is 17.4 Å². The third-order valence-corrected chi connectivity index (χ3v) is 5.22. The first-order chi connectivity index (χ1) is 9.05. The molecule has 1 aliphatic heterocycles. The van der Waals surface area contributed by atoms with Gasteiger partial charge in [0.15, 0.2) is 0 Å². The largest absolute Gasteiger partial charge is 0.347 e. The fourth-order valence-electron chi connectivity index (χ4n) is 2.32. The molecule has 1 aromatic heterocycles. The minimum Gasteiger partial charge on any atom is -0.347 e. The number of hydrogen-bond acceptors (Lipinski definition) is 4. The number of piperidine rings is 1. The Kier molecular flexibility index (Phi) is 4.58. The Balaban J connectivity index is 1.97. The average Bonchev–Trinajstić information content (AvgIpc) is 2.88. The number of amides is 1. The fraction of sp³-hybridized carbons (Fsp3) is 0.714. The molecule has 0 saturated carbocycles. The van der Waals surface area contributed by atoms with Gasteiger partial charge < -0.3 is 10.6 Å². The molecule has 0 radical (unpaired) electrons. The van der Waals surface area contributed by atoms with Crippen molar-refractivity contribution in [3.8, 4) is 0 Å². The van der Waals surface area contributed by atoms with Crippen LogP contribution in [0, 0.1) is 5.41 Å². The summed E-state index contributed by atoms with van der Waals surface area (Å²) in [5.41, 5.74) is -0.232. The van der Waals surface area contributed by atoms with E-state index in [0.29, 0.717) is 0 Å².